The minimum atomic E-state index is -4.64. The standard InChI is InChI=1S/C29H29F5N2O4/c1-4-36(28(38)35-16-19-10-22(30)15-23(31)11-19)17-20-14-21(29(32,33)34)7-8-24(20)25-12-18(6-9-26(25)39-3)13-27(37)40-5-2/h6-12,14-15H,4-5,13,16-17H2,1-3H3,(H,35,38). The molecule has 0 heterocycles. The Balaban J connectivity index is 1.97. The van der Waals surface area contributed by atoms with Crippen molar-refractivity contribution in [3.8, 4) is 16.9 Å². The third-order valence-corrected chi connectivity index (χ3v) is 6.04. The lowest BCUT2D eigenvalue weighted by Gasteiger charge is -2.24. The van der Waals surface area contributed by atoms with Gasteiger partial charge in [0.05, 0.1) is 25.7 Å². The van der Waals surface area contributed by atoms with Crippen LogP contribution in [-0.4, -0.2) is 37.2 Å². The van der Waals surface area contributed by atoms with Crippen LogP contribution in [0.25, 0.3) is 11.1 Å². The van der Waals surface area contributed by atoms with Crippen molar-refractivity contribution in [3.05, 3.63) is 88.5 Å². The van der Waals surface area contributed by atoms with E-state index in [9.17, 15) is 31.5 Å². The van der Waals surface area contributed by atoms with Crippen LogP contribution in [0.1, 0.15) is 36.1 Å². The number of urea groups is 1. The van der Waals surface area contributed by atoms with Crippen LogP contribution in [0.4, 0.5) is 26.7 Å². The van der Waals surface area contributed by atoms with Crippen LogP contribution in [0.15, 0.2) is 54.6 Å². The van der Waals surface area contributed by atoms with Gasteiger partial charge in [-0.3, -0.25) is 4.79 Å². The molecule has 0 saturated heterocycles. The Morgan fingerprint density at radius 1 is 0.900 bits per heavy atom. The van der Waals surface area contributed by atoms with Crippen molar-refractivity contribution in [2.24, 2.45) is 0 Å². The van der Waals surface area contributed by atoms with Crippen molar-refractivity contribution in [2.45, 2.75) is 39.5 Å². The van der Waals surface area contributed by atoms with Gasteiger partial charge in [-0.1, -0.05) is 12.1 Å². The lowest BCUT2D eigenvalue weighted by atomic mass is 9.94. The number of hydrogen-bond donors (Lipinski definition) is 1. The largest absolute Gasteiger partial charge is 0.496 e. The first-order chi connectivity index (χ1) is 18.9. The highest BCUT2D eigenvalue weighted by Crippen LogP contribution is 2.38. The van der Waals surface area contributed by atoms with Gasteiger partial charge in [0.2, 0.25) is 0 Å². The van der Waals surface area contributed by atoms with Crippen LogP contribution in [0.5, 0.6) is 5.75 Å². The molecule has 40 heavy (non-hydrogen) atoms. The van der Waals surface area contributed by atoms with Crippen LogP contribution in [0.2, 0.25) is 0 Å². The highest BCUT2D eigenvalue weighted by atomic mass is 19.4. The highest BCUT2D eigenvalue weighted by Gasteiger charge is 2.31. The summed E-state index contributed by atoms with van der Waals surface area (Å²) in [6, 6.07) is 10.3. The molecule has 0 aliphatic rings. The van der Waals surface area contributed by atoms with E-state index < -0.39 is 35.4 Å². The third kappa shape index (κ3) is 7.93. The summed E-state index contributed by atoms with van der Waals surface area (Å²) in [5.74, 6) is -1.71. The van der Waals surface area contributed by atoms with E-state index in [1.54, 1.807) is 32.0 Å². The Bertz CT molecular complexity index is 1340. The summed E-state index contributed by atoms with van der Waals surface area (Å²) in [4.78, 5) is 26.2. The molecule has 6 nitrogen and oxygen atoms in total. The number of hydrogen-bond acceptors (Lipinski definition) is 4. The van der Waals surface area contributed by atoms with E-state index in [1.165, 1.54) is 18.1 Å². The van der Waals surface area contributed by atoms with E-state index in [4.69, 9.17) is 9.47 Å². The van der Waals surface area contributed by atoms with Crippen molar-refractivity contribution < 1.29 is 41.0 Å². The van der Waals surface area contributed by atoms with Crippen LogP contribution in [0, 0.1) is 11.6 Å². The fourth-order valence-corrected chi connectivity index (χ4v) is 4.15. The van der Waals surface area contributed by atoms with E-state index in [1.807, 2.05) is 0 Å². The number of ether oxygens (including phenoxy) is 2. The molecule has 0 aromatic heterocycles. The number of carbonyl (C=O) groups excluding carboxylic acids is 2. The van der Waals surface area contributed by atoms with Gasteiger partial charge in [0.1, 0.15) is 17.4 Å². The second kappa shape index (κ2) is 13.3. The lowest BCUT2D eigenvalue weighted by molar-refractivity contribution is -0.142. The zero-order valence-electron chi connectivity index (χ0n) is 22.2. The average molecular weight is 565 g/mol. The normalized spacial score (nSPS) is 11.2. The Morgan fingerprint density at radius 3 is 2.20 bits per heavy atom. The highest BCUT2D eigenvalue weighted by molar-refractivity contribution is 5.79. The fourth-order valence-electron chi connectivity index (χ4n) is 4.15. The molecule has 0 radical (unpaired) electrons. The zero-order valence-corrected chi connectivity index (χ0v) is 22.2. The summed E-state index contributed by atoms with van der Waals surface area (Å²) in [6.45, 7) is 3.24. The summed E-state index contributed by atoms with van der Waals surface area (Å²) in [6.07, 6.45) is -4.69. The number of alkyl halides is 3. The van der Waals surface area contributed by atoms with Gasteiger partial charge in [-0.25, -0.2) is 13.6 Å². The molecule has 3 aromatic rings. The quantitative estimate of drug-likeness (QED) is 0.226. The minimum absolute atomic E-state index is 0.0506. The molecule has 3 rings (SSSR count). The SMILES string of the molecule is CCOC(=O)Cc1ccc(OC)c(-c2ccc(C(F)(F)F)cc2CN(CC)C(=O)NCc2cc(F)cc(F)c2)c1. The van der Waals surface area contributed by atoms with E-state index in [0.29, 0.717) is 28.5 Å². The molecular formula is C29H29F5N2O4. The topological polar surface area (TPSA) is 67.9 Å². The maximum absolute atomic E-state index is 13.6. The van der Waals surface area contributed by atoms with Crippen LogP contribution >= 0.6 is 0 Å². The molecule has 0 unspecified atom stereocenters. The zero-order chi connectivity index (χ0) is 29.4. The van der Waals surface area contributed by atoms with Gasteiger partial charge in [-0.05, 0) is 72.5 Å². The van der Waals surface area contributed by atoms with Crippen molar-refractivity contribution in [1.82, 2.24) is 10.2 Å². The van der Waals surface area contributed by atoms with Gasteiger partial charge < -0.3 is 19.7 Å². The third-order valence-electron chi connectivity index (χ3n) is 6.04. The van der Waals surface area contributed by atoms with Crippen molar-refractivity contribution >= 4 is 12.0 Å². The molecule has 0 fully saturated rings. The molecule has 2 amide bonds. The smallest absolute Gasteiger partial charge is 0.416 e. The molecule has 0 aliphatic heterocycles. The van der Waals surface area contributed by atoms with Crippen LogP contribution < -0.4 is 10.1 Å². The first-order valence-corrected chi connectivity index (χ1v) is 12.5. The number of esters is 1. The maximum atomic E-state index is 13.6. The van der Waals surface area contributed by atoms with Crippen molar-refractivity contribution in [1.29, 1.82) is 0 Å². The lowest BCUT2D eigenvalue weighted by Crippen LogP contribution is -2.39. The van der Waals surface area contributed by atoms with Gasteiger partial charge in [0, 0.05) is 31.3 Å². The fraction of sp³-hybridized carbons (Fsp3) is 0.310. The predicted octanol–water partition coefficient (Wildman–Crippen LogP) is 6.50. The molecule has 214 valence electrons. The molecule has 3 aromatic carbocycles. The Kier molecular flexibility index (Phi) is 10.1. The van der Waals surface area contributed by atoms with Gasteiger partial charge in [0.15, 0.2) is 0 Å². The molecule has 0 aliphatic carbocycles. The molecular weight excluding hydrogens is 535 g/mol. The predicted molar refractivity (Wildman–Crippen MR) is 138 cm³/mol. The summed E-state index contributed by atoms with van der Waals surface area (Å²) in [5, 5.41) is 2.55. The first-order valence-electron chi connectivity index (χ1n) is 12.5. The van der Waals surface area contributed by atoms with Crippen molar-refractivity contribution in [2.75, 3.05) is 20.3 Å². The molecule has 0 saturated carbocycles. The monoisotopic (exact) mass is 564 g/mol. The second-order valence-electron chi connectivity index (χ2n) is 8.84. The number of methoxy groups -OCH3 is 1. The molecule has 0 atom stereocenters. The van der Waals surface area contributed by atoms with E-state index >= 15 is 0 Å². The van der Waals surface area contributed by atoms with Gasteiger partial charge in [0.25, 0.3) is 0 Å². The maximum Gasteiger partial charge on any atom is 0.416 e. The first kappa shape index (κ1) is 30.4. The van der Waals surface area contributed by atoms with Crippen LogP contribution in [0.3, 0.4) is 0 Å². The Hall–Kier alpha value is -4.15. The van der Waals surface area contributed by atoms with E-state index in [-0.39, 0.29) is 43.8 Å². The number of carbonyl (C=O) groups is 2. The van der Waals surface area contributed by atoms with Crippen molar-refractivity contribution in [3.63, 3.8) is 0 Å². The molecule has 11 heteroatoms. The minimum Gasteiger partial charge on any atom is -0.496 e. The summed E-state index contributed by atoms with van der Waals surface area (Å²) < 4.78 is 78.4. The van der Waals surface area contributed by atoms with E-state index in [2.05, 4.69) is 5.32 Å². The number of rotatable bonds is 10. The number of nitrogens with one attached hydrogen (secondary N) is 1. The van der Waals surface area contributed by atoms with Crippen LogP contribution in [-0.2, 0) is 35.2 Å². The summed E-state index contributed by atoms with van der Waals surface area (Å²) in [5.41, 5.74) is 0.820. The van der Waals surface area contributed by atoms with E-state index in [0.717, 1.165) is 24.3 Å². The summed E-state index contributed by atoms with van der Waals surface area (Å²) in [7, 11) is 1.41. The average Bonchev–Trinajstić information content (AvgIpc) is 2.89. The van der Waals surface area contributed by atoms with Gasteiger partial charge in [-0.2, -0.15) is 13.2 Å². The second-order valence-corrected chi connectivity index (χ2v) is 8.84. The number of benzene rings is 3. The molecule has 0 spiro atoms. The number of nitrogens with zero attached hydrogens (tertiary/aromatic N) is 1. The summed E-state index contributed by atoms with van der Waals surface area (Å²) >= 11 is 0. The molecule has 1 N–H and O–H groups in total. The van der Waals surface area contributed by atoms with Gasteiger partial charge in [-0.15, -0.1) is 0 Å². The molecule has 0 bridgehead atoms. The Labute approximate surface area is 228 Å². The Morgan fingerprint density at radius 2 is 1.60 bits per heavy atom. The number of amides is 2. The number of halogens is 5. The van der Waals surface area contributed by atoms with Gasteiger partial charge >= 0.3 is 18.2 Å².